The Kier molecular flexibility index (Phi) is 4.55. The fourth-order valence-corrected chi connectivity index (χ4v) is 3.55. The van der Waals surface area contributed by atoms with Crippen molar-refractivity contribution < 1.29 is 9.72 Å². The summed E-state index contributed by atoms with van der Waals surface area (Å²) in [6.45, 7) is 0.799. The summed E-state index contributed by atoms with van der Waals surface area (Å²) >= 11 is 3.84. The van der Waals surface area contributed by atoms with Crippen LogP contribution in [0.2, 0.25) is 0 Å². The molecule has 1 aliphatic heterocycles. The first kappa shape index (κ1) is 13.3. The molecule has 0 atom stereocenters. The zero-order valence-corrected chi connectivity index (χ0v) is 11.4. The number of amides is 1. The Morgan fingerprint density at radius 2 is 2.50 bits per heavy atom. The van der Waals surface area contributed by atoms with E-state index in [2.05, 4.69) is 15.3 Å². The minimum atomic E-state index is -0.536. The molecule has 0 aliphatic carbocycles. The van der Waals surface area contributed by atoms with E-state index in [1.54, 1.807) is 11.8 Å². The molecular formula is C8H8N4O3S3. The molecule has 10 heteroatoms. The highest BCUT2D eigenvalue weighted by atomic mass is 32.2. The molecule has 0 unspecified atom stereocenters. The fraction of sp³-hybridized carbons (Fsp3) is 0.375. The minimum absolute atomic E-state index is 0.0892. The molecule has 0 radical (unpaired) electrons. The summed E-state index contributed by atoms with van der Waals surface area (Å²) < 4.78 is 0.912. The van der Waals surface area contributed by atoms with Crippen molar-refractivity contribution in [2.75, 3.05) is 23.4 Å². The van der Waals surface area contributed by atoms with Gasteiger partial charge in [0.1, 0.15) is 10.6 Å². The summed E-state index contributed by atoms with van der Waals surface area (Å²) in [5.74, 6) is 0.960. The van der Waals surface area contributed by atoms with Crippen molar-refractivity contribution >= 4 is 55.3 Å². The Hall–Kier alpha value is -1.13. The molecule has 18 heavy (non-hydrogen) atoms. The van der Waals surface area contributed by atoms with Gasteiger partial charge in [-0.25, -0.2) is 4.98 Å². The molecule has 0 bridgehead atoms. The third-order valence-electron chi connectivity index (χ3n) is 1.80. The molecule has 1 N–H and O–H groups in total. The van der Waals surface area contributed by atoms with Crippen molar-refractivity contribution in [2.24, 2.45) is 4.99 Å². The van der Waals surface area contributed by atoms with Gasteiger partial charge in [0.05, 0.1) is 17.2 Å². The van der Waals surface area contributed by atoms with Gasteiger partial charge < -0.3 is 5.32 Å². The van der Waals surface area contributed by atoms with Crippen LogP contribution in [0, 0.1) is 10.1 Å². The predicted octanol–water partition coefficient (Wildman–Crippen LogP) is 1.83. The number of carbonyl (C=O) groups excluding carboxylic acids is 1. The zero-order chi connectivity index (χ0) is 13.0. The molecule has 1 aromatic rings. The first-order chi connectivity index (χ1) is 8.65. The van der Waals surface area contributed by atoms with Crippen LogP contribution in [-0.4, -0.2) is 38.2 Å². The van der Waals surface area contributed by atoms with E-state index >= 15 is 0 Å². The number of anilines is 1. The molecule has 2 rings (SSSR count). The highest BCUT2D eigenvalue weighted by Gasteiger charge is 2.15. The van der Waals surface area contributed by atoms with Crippen LogP contribution in [-0.2, 0) is 4.79 Å². The largest absolute Gasteiger partial charge is 0.345 e. The number of nitro groups is 1. The van der Waals surface area contributed by atoms with Crippen LogP contribution in [0.15, 0.2) is 11.2 Å². The smallest absolute Gasteiger partial charge is 0.301 e. The van der Waals surface area contributed by atoms with Crippen LogP contribution in [0.5, 0.6) is 0 Å². The van der Waals surface area contributed by atoms with E-state index < -0.39 is 4.92 Å². The standard InChI is InChI=1S/C8H8N4O3S3/c13-5(4-17-8-9-1-2-16-8)11-7-10-3-6(18-7)12(14)15/h3H,1-2,4H2,(H,10,11,13). The molecule has 0 spiro atoms. The third-order valence-corrected chi connectivity index (χ3v) is 4.92. The van der Waals surface area contributed by atoms with Gasteiger partial charge in [-0.15, -0.1) is 0 Å². The lowest BCUT2D eigenvalue weighted by Gasteiger charge is -2.00. The summed E-state index contributed by atoms with van der Waals surface area (Å²) in [7, 11) is 0. The monoisotopic (exact) mass is 304 g/mol. The van der Waals surface area contributed by atoms with E-state index in [0.29, 0.717) is 0 Å². The number of carbonyl (C=O) groups is 1. The zero-order valence-electron chi connectivity index (χ0n) is 8.99. The predicted molar refractivity (Wildman–Crippen MR) is 74.6 cm³/mol. The molecule has 0 saturated heterocycles. The normalized spacial score (nSPS) is 14.3. The van der Waals surface area contributed by atoms with E-state index in [1.807, 2.05) is 0 Å². The summed E-state index contributed by atoms with van der Waals surface area (Å²) in [4.78, 5) is 29.4. The molecule has 0 aromatic carbocycles. The number of thiazole rings is 1. The number of hydrogen-bond donors (Lipinski definition) is 1. The van der Waals surface area contributed by atoms with Crippen LogP contribution >= 0.6 is 34.9 Å². The molecule has 2 heterocycles. The van der Waals surface area contributed by atoms with Gasteiger partial charge in [-0.05, 0) is 11.3 Å². The maximum absolute atomic E-state index is 11.5. The van der Waals surface area contributed by atoms with Gasteiger partial charge in [0.25, 0.3) is 0 Å². The van der Waals surface area contributed by atoms with Gasteiger partial charge >= 0.3 is 5.00 Å². The summed E-state index contributed by atoms with van der Waals surface area (Å²) in [5, 5.41) is 13.1. The Labute approximate surface area is 115 Å². The highest BCUT2D eigenvalue weighted by molar-refractivity contribution is 8.39. The van der Waals surface area contributed by atoms with Gasteiger partial charge in [0.2, 0.25) is 5.91 Å². The van der Waals surface area contributed by atoms with Gasteiger partial charge in [-0.2, -0.15) is 0 Å². The van der Waals surface area contributed by atoms with E-state index in [0.717, 1.165) is 34.2 Å². The van der Waals surface area contributed by atoms with Crippen LogP contribution in [0.3, 0.4) is 0 Å². The number of nitrogens with zero attached hydrogens (tertiary/aromatic N) is 3. The number of nitrogens with one attached hydrogen (secondary N) is 1. The van der Waals surface area contributed by atoms with Crippen LogP contribution in [0.4, 0.5) is 10.1 Å². The molecule has 0 saturated carbocycles. The lowest BCUT2D eigenvalue weighted by Crippen LogP contribution is -2.14. The molecule has 96 valence electrons. The van der Waals surface area contributed by atoms with Crippen molar-refractivity contribution in [1.82, 2.24) is 4.98 Å². The fourth-order valence-electron chi connectivity index (χ4n) is 1.09. The third kappa shape index (κ3) is 3.68. The number of rotatable bonds is 4. The topological polar surface area (TPSA) is 97.5 Å². The quantitative estimate of drug-likeness (QED) is 0.673. The minimum Gasteiger partial charge on any atom is -0.301 e. The van der Waals surface area contributed by atoms with E-state index in [-0.39, 0.29) is 21.8 Å². The number of thioether (sulfide) groups is 2. The van der Waals surface area contributed by atoms with E-state index in [9.17, 15) is 14.9 Å². The average Bonchev–Trinajstić information content (AvgIpc) is 2.96. The summed E-state index contributed by atoms with van der Waals surface area (Å²) in [6.07, 6.45) is 1.13. The maximum atomic E-state index is 11.5. The number of aliphatic imine (C=N–C) groups is 1. The van der Waals surface area contributed by atoms with E-state index in [4.69, 9.17) is 0 Å². The molecule has 0 fully saturated rings. The summed E-state index contributed by atoms with van der Waals surface area (Å²) in [5.41, 5.74) is 0. The second-order valence-corrected chi connectivity index (χ2v) is 6.41. The van der Waals surface area contributed by atoms with Gasteiger partial charge in [0.15, 0.2) is 5.13 Å². The van der Waals surface area contributed by atoms with Gasteiger partial charge in [-0.3, -0.25) is 19.9 Å². The lowest BCUT2D eigenvalue weighted by atomic mass is 10.7. The molecule has 1 aromatic heterocycles. The molecule has 7 nitrogen and oxygen atoms in total. The highest BCUT2D eigenvalue weighted by Crippen LogP contribution is 2.26. The van der Waals surface area contributed by atoms with Crippen LogP contribution in [0.25, 0.3) is 0 Å². The van der Waals surface area contributed by atoms with Crippen molar-refractivity contribution in [2.45, 2.75) is 0 Å². The maximum Gasteiger partial charge on any atom is 0.345 e. The van der Waals surface area contributed by atoms with Crippen molar-refractivity contribution in [3.63, 3.8) is 0 Å². The first-order valence-corrected chi connectivity index (χ1v) is 7.64. The second kappa shape index (κ2) is 6.16. The summed E-state index contributed by atoms with van der Waals surface area (Å²) in [6, 6.07) is 0. The Morgan fingerprint density at radius 3 is 3.11 bits per heavy atom. The average molecular weight is 304 g/mol. The van der Waals surface area contributed by atoms with Crippen LogP contribution in [0.1, 0.15) is 0 Å². The van der Waals surface area contributed by atoms with Gasteiger partial charge in [-0.1, -0.05) is 23.5 Å². The van der Waals surface area contributed by atoms with Crippen molar-refractivity contribution in [1.29, 1.82) is 0 Å². The van der Waals surface area contributed by atoms with Crippen LogP contribution < -0.4 is 5.32 Å². The van der Waals surface area contributed by atoms with Crippen molar-refractivity contribution in [3.8, 4) is 0 Å². The molecule has 1 amide bonds. The SMILES string of the molecule is O=C(CSC1=NCCS1)Nc1ncc([N+](=O)[O-])s1. The molecule has 1 aliphatic rings. The number of hydrogen-bond acceptors (Lipinski definition) is 8. The van der Waals surface area contributed by atoms with Gasteiger partial charge in [0, 0.05) is 5.75 Å². The second-order valence-electron chi connectivity index (χ2n) is 3.09. The first-order valence-electron chi connectivity index (χ1n) is 4.85. The van der Waals surface area contributed by atoms with Crippen molar-refractivity contribution in [3.05, 3.63) is 16.3 Å². The Morgan fingerprint density at radius 1 is 1.67 bits per heavy atom. The van der Waals surface area contributed by atoms with E-state index in [1.165, 1.54) is 11.8 Å². The Balaban J connectivity index is 1.81. The number of aromatic nitrogens is 1. The Bertz CT molecular complexity index is 502. The lowest BCUT2D eigenvalue weighted by molar-refractivity contribution is -0.380. The molecular weight excluding hydrogens is 296 g/mol.